The number of esters is 1. The molecule has 0 spiro atoms. The molecule has 0 fully saturated rings. The molecule has 0 aliphatic carbocycles. The number of nitrogens with one attached hydrogen (secondary N) is 1. The average Bonchev–Trinajstić information content (AvgIpc) is 2.83. The van der Waals surface area contributed by atoms with Gasteiger partial charge in [-0.25, -0.2) is 4.79 Å². The minimum atomic E-state index is -0.571. The molecule has 0 saturated carbocycles. The summed E-state index contributed by atoms with van der Waals surface area (Å²) in [5, 5.41) is 12.0. The molecular formula is C26H28N2O5. The number of rotatable bonds is 11. The van der Waals surface area contributed by atoms with Crippen molar-refractivity contribution in [3.63, 3.8) is 0 Å². The standard InChI is InChI=1S/C26H28N2O5/c1-4-6-15-28-26(30)21(18-27)16-20-9-13-23(24(17-20)31-3)33-25(29)14-10-19-7-11-22(12-8-19)32-5-2/h7-14,16-17H,4-6,15H2,1-3H3,(H,28,30)/b14-10+,21-16+. The number of methoxy groups -OCH3 is 1. The van der Waals surface area contributed by atoms with Crippen LogP contribution in [-0.2, 0) is 9.59 Å². The van der Waals surface area contributed by atoms with Crippen LogP contribution in [0.2, 0.25) is 0 Å². The molecule has 33 heavy (non-hydrogen) atoms. The van der Waals surface area contributed by atoms with Crippen LogP contribution in [0.4, 0.5) is 0 Å². The van der Waals surface area contributed by atoms with E-state index in [1.807, 2.05) is 44.2 Å². The van der Waals surface area contributed by atoms with Crippen LogP contribution in [0.1, 0.15) is 37.8 Å². The number of nitrogens with zero attached hydrogens (tertiary/aromatic N) is 1. The number of hydrogen-bond donors (Lipinski definition) is 1. The molecule has 1 amide bonds. The van der Waals surface area contributed by atoms with E-state index in [2.05, 4.69) is 5.32 Å². The lowest BCUT2D eigenvalue weighted by atomic mass is 10.1. The van der Waals surface area contributed by atoms with E-state index in [1.54, 1.807) is 24.3 Å². The van der Waals surface area contributed by atoms with Crippen LogP contribution in [0, 0.1) is 11.3 Å². The van der Waals surface area contributed by atoms with Gasteiger partial charge in [0, 0.05) is 12.6 Å². The Bertz CT molecular complexity index is 1050. The third-order valence-corrected chi connectivity index (χ3v) is 4.49. The highest BCUT2D eigenvalue weighted by molar-refractivity contribution is 6.01. The summed E-state index contributed by atoms with van der Waals surface area (Å²) in [6.07, 6.45) is 6.20. The minimum Gasteiger partial charge on any atom is -0.494 e. The molecule has 0 aliphatic rings. The largest absolute Gasteiger partial charge is 0.494 e. The highest BCUT2D eigenvalue weighted by Crippen LogP contribution is 2.29. The van der Waals surface area contributed by atoms with Crippen molar-refractivity contribution in [2.45, 2.75) is 26.7 Å². The number of nitriles is 1. The van der Waals surface area contributed by atoms with Gasteiger partial charge in [-0.3, -0.25) is 4.79 Å². The lowest BCUT2D eigenvalue weighted by Gasteiger charge is -2.09. The van der Waals surface area contributed by atoms with Crippen molar-refractivity contribution in [2.75, 3.05) is 20.3 Å². The van der Waals surface area contributed by atoms with Crippen molar-refractivity contribution in [1.29, 1.82) is 5.26 Å². The first kappa shape index (κ1) is 25.2. The third-order valence-electron chi connectivity index (χ3n) is 4.49. The second-order valence-electron chi connectivity index (χ2n) is 6.95. The normalized spacial score (nSPS) is 11.0. The number of benzene rings is 2. The van der Waals surface area contributed by atoms with Crippen molar-refractivity contribution in [3.8, 4) is 23.3 Å². The molecule has 2 aromatic carbocycles. The first-order valence-electron chi connectivity index (χ1n) is 10.7. The fraction of sp³-hybridized carbons (Fsp3) is 0.269. The Kier molecular flexibility index (Phi) is 10.2. The lowest BCUT2D eigenvalue weighted by Crippen LogP contribution is -2.25. The third kappa shape index (κ3) is 8.19. The maximum Gasteiger partial charge on any atom is 0.336 e. The minimum absolute atomic E-state index is 0.0174. The van der Waals surface area contributed by atoms with Crippen LogP contribution in [0.5, 0.6) is 17.2 Å². The molecule has 0 unspecified atom stereocenters. The van der Waals surface area contributed by atoms with Gasteiger partial charge in [-0.15, -0.1) is 0 Å². The van der Waals surface area contributed by atoms with Crippen LogP contribution in [0.15, 0.2) is 54.1 Å². The van der Waals surface area contributed by atoms with Crippen LogP contribution >= 0.6 is 0 Å². The van der Waals surface area contributed by atoms with E-state index in [1.165, 1.54) is 19.3 Å². The zero-order valence-electron chi connectivity index (χ0n) is 19.1. The van der Waals surface area contributed by atoms with Gasteiger partial charge in [0.2, 0.25) is 0 Å². The smallest absolute Gasteiger partial charge is 0.336 e. The van der Waals surface area contributed by atoms with Gasteiger partial charge in [-0.2, -0.15) is 5.26 Å². The molecule has 0 aromatic heterocycles. The van der Waals surface area contributed by atoms with Crippen molar-refractivity contribution < 1.29 is 23.8 Å². The molecular weight excluding hydrogens is 420 g/mol. The van der Waals surface area contributed by atoms with Crippen molar-refractivity contribution in [3.05, 3.63) is 65.2 Å². The number of hydrogen-bond acceptors (Lipinski definition) is 6. The van der Waals surface area contributed by atoms with E-state index < -0.39 is 11.9 Å². The fourth-order valence-corrected chi connectivity index (χ4v) is 2.80. The predicted octanol–water partition coefficient (Wildman–Crippen LogP) is 4.54. The number of ether oxygens (including phenoxy) is 3. The molecule has 0 radical (unpaired) electrons. The maximum absolute atomic E-state index is 12.2. The van der Waals surface area contributed by atoms with E-state index in [-0.39, 0.29) is 11.3 Å². The van der Waals surface area contributed by atoms with E-state index in [0.717, 1.165) is 24.2 Å². The Hall–Kier alpha value is -4.05. The molecule has 7 heteroatoms. The van der Waals surface area contributed by atoms with E-state index >= 15 is 0 Å². The molecule has 2 rings (SSSR count). The summed E-state index contributed by atoms with van der Waals surface area (Å²) in [6.45, 7) is 5.02. The summed E-state index contributed by atoms with van der Waals surface area (Å²) < 4.78 is 16.1. The first-order chi connectivity index (χ1) is 16.0. The summed E-state index contributed by atoms with van der Waals surface area (Å²) in [5.74, 6) is 0.282. The fourth-order valence-electron chi connectivity index (χ4n) is 2.80. The highest BCUT2D eigenvalue weighted by Gasteiger charge is 2.12. The van der Waals surface area contributed by atoms with Gasteiger partial charge in [0.25, 0.3) is 5.91 Å². The summed E-state index contributed by atoms with van der Waals surface area (Å²) in [4.78, 5) is 24.4. The highest BCUT2D eigenvalue weighted by atomic mass is 16.6. The van der Waals surface area contributed by atoms with Gasteiger partial charge >= 0.3 is 5.97 Å². The SMILES string of the molecule is CCCCNC(=O)/C(C#N)=C/c1ccc(OC(=O)/C=C/c2ccc(OCC)cc2)c(OC)c1. The van der Waals surface area contributed by atoms with Crippen LogP contribution < -0.4 is 19.5 Å². The Labute approximate surface area is 194 Å². The number of unbranched alkanes of at least 4 members (excludes halogenated alkanes) is 1. The molecule has 1 N–H and O–H groups in total. The number of carbonyl (C=O) groups is 2. The second-order valence-corrected chi connectivity index (χ2v) is 6.95. The summed E-state index contributed by atoms with van der Waals surface area (Å²) in [6, 6.07) is 14.0. The predicted molar refractivity (Wildman–Crippen MR) is 127 cm³/mol. The monoisotopic (exact) mass is 448 g/mol. The maximum atomic E-state index is 12.2. The first-order valence-corrected chi connectivity index (χ1v) is 10.7. The summed E-state index contributed by atoms with van der Waals surface area (Å²) >= 11 is 0. The van der Waals surface area contributed by atoms with E-state index in [4.69, 9.17) is 14.2 Å². The van der Waals surface area contributed by atoms with Crippen molar-refractivity contribution in [2.24, 2.45) is 0 Å². The number of amides is 1. The van der Waals surface area contributed by atoms with Gasteiger partial charge in [0.05, 0.1) is 13.7 Å². The van der Waals surface area contributed by atoms with Crippen LogP contribution in [-0.4, -0.2) is 32.1 Å². The summed E-state index contributed by atoms with van der Waals surface area (Å²) in [5.41, 5.74) is 1.37. The Morgan fingerprint density at radius 1 is 1.06 bits per heavy atom. The average molecular weight is 449 g/mol. The number of carbonyl (C=O) groups excluding carboxylic acids is 2. The zero-order valence-corrected chi connectivity index (χ0v) is 19.1. The topological polar surface area (TPSA) is 97.7 Å². The van der Waals surface area contributed by atoms with Gasteiger partial charge in [-0.05, 0) is 60.9 Å². The van der Waals surface area contributed by atoms with Gasteiger partial charge < -0.3 is 19.5 Å². The quantitative estimate of drug-likeness (QED) is 0.178. The second kappa shape index (κ2) is 13.4. The Morgan fingerprint density at radius 3 is 2.42 bits per heavy atom. The Balaban J connectivity index is 2.08. The molecule has 172 valence electrons. The molecule has 0 saturated heterocycles. The molecule has 7 nitrogen and oxygen atoms in total. The molecule has 2 aromatic rings. The van der Waals surface area contributed by atoms with Crippen LogP contribution in [0.25, 0.3) is 12.2 Å². The van der Waals surface area contributed by atoms with Crippen LogP contribution in [0.3, 0.4) is 0 Å². The molecule has 0 bridgehead atoms. The van der Waals surface area contributed by atoms with Crippen molar-refractivity contribution in [1.82, 2.24) is 5.32 Å². The molecule has 0 aliphatic heterocycles. The zero-order chi connectivity index (χ0) is 24.1. The van der Waals surface area contributed by atoms with Gasteiger partial charge in [0.15, 0.2) is 11.5 Å². The lowest BCUT2D eigenvalue weighted by molar-refractivity contribution is -0.129. The molecule has 0 heterocycles. The van der Waals surface area contributed by atoms with Gasteiger partial charge in [-0.1, -0.05) is 31.5 Å². The Morgan fingerprint density at radius 2 is 1.79 bits per heavy atom. The van der Waals surface area contributed by atoms with Gasteiger partial charge in [0.1, 0.15) is 17.4 Å². The van der Waals surface area contributed by atoms with E-state index in [9.17, 15) is 14.9 Å². The summed E-state index contributed by atoms with van der Waals surface area (Å²) in [7, 11) is 1.44. The van der Waals surface area contributed by atoms with Crippen molar-refractivity contribution >= 4 is 24.0 Å². The van der Waals surface area contributed by atoms with E-state index in [0.29, 0.717) is 24.5 Å². The molecule has 0 atom stereocenters.